The molecule has 4 aliphatic rings. The Morgan fingerprint density at radius 2 is 1.19 bits per heavy atom. The molecule has 81 heavy (non-hydrogen) atoms. The van der Waals surface area contributed by atoms with Gasteiger partial charge in [0.05, 0.1) is 24.2 Å². The lowest BCUT2D eigenvalue weighted by Gasteiger charge is -2.42. The Labute approximate surface area is 478 Å². The fourth-order valence-electron chi connectivity index (χ4n) is 11.9. The number of fused-ring (bicyclic) bond motifs is 3. The van der Waals surface area contributed by atoms with Crippen LogP contribution in [-0.2, 0) is 61.2 Å². The van der Waals surface area contributed by atoms with Gasteiger partial charge in [-0.2, -0.15) is 0 Å². The van der Waals surface area contributed by atoms with Crippen molar-refractivity contribution in [3.05, 3.63) is 136 Å². The summed E-state index contributed by atoms with van der Waals surface area (Å²) in [7, 11) is 3.39. The molecule has 2 heterocycles. The average Bonchev–Trinajstić information content (AvgIpc) is 4.10. The Hall–Kier alpha value is -7.11. The third-order valence-corrected chi connectivity index (χ3v) is 16.8. The first-order chi connectivity index (χ1) is 38.6. The molecule has 8 rings (SSSR count). The number of hydrogen-bond donors (Lipinski definition) is 7. The third kappa shape index (κ3) is 14.2. The normalized spacial score (nSPS) is 21.1. The largest absolute Gasteiger partial charge is 0.489 e. The molecule has 17 heteroatoms. The van der Waals surface area contributed by atoms with E-state index in [0.717, 1.165) is 66.3 Å². The quantitative estimate of drug-likeness (QED) is 0.0592. The summed E-state index contributed by atoms with van der Waals surface area (Å²) < 4.78 is 6.35. The SMILES string of the molecule is CC[C@H](NC)C(=O)N[C@H](C(=O)N1Cc2cc(OCc3ccc(C(=O)N[C@H]4C[C@@H](C(=O)N[C@@H]5CCCc6ccccc65)N(C(=O)[C@@H](NC(=O)[C@H](C)NC)C(C)(C)C)C4)cc3)ccc2C[C@H]1C(=O)N[C@@H]1CCCc2ccccc21)C(C)(C)C. The van der Waals surface area contributed by atoms with E-state index in [1.165, 1.54) is 16.0 Å². The molecule has 0 saturated carbocycles. The van der Waals surface area contributed by atoms with Crippen LogP contribution in [0.15, 0.2) is 91.0 Å². The highest BCUT2D eigenvalue weighted by molar-refractivity contribution is 5.97. The van der Waals surface area contributed by atoms with Gasteiger partial charge in [0.15, 0.2) is 0 Å². The van der Waals surface area contributed by atoms with Gasteiger partial charge in [0.25, 0.3) is 5.91 Å². The van der Waals surface area contributed by atoms with Crippen molar-refractivity contribution in [2.75, 3.05) is 20.6 Å². The highest BCUT2D eigenvalue weighted by Gasteiger charge is 2.47. The number of carbonyl (C=O) groups is 7. The van der Waals surface area contributed by atoms with Gasteiger partial charge < -0.3 is 51.8 Å². The first-order valence-corrected chi connectivity index (χ1v) is 29.0. The summed E-state index contributed by atoms with van der Waals surface area (Å²) in [6, 6.07) is 23.4. The number of nitrogens with one attached hydrogen (secondary N) is 7. The zero-order valence-corrected chi connectivity index (χ0v) is 49.0. The van der Waals surface area contributed by atoms with Crippen LogP contribution in [0.25, 0.3) is 0 Å². The molecule has 7 N–H and O–H groups in total. The number of carbonyl (C=O) groups excluding carboxylic acids is 7. The molecular weight excluding hydrogens is 1020 g/mol. The van der Waals surface area contributed by atoms with Crippen LogP contribution in [0.4, 0.5) is 0 Å². The van der Waals surface area contributed by atoms with Gasteiger partial charge in [-0.25, -0.2) is 0 Å². The Morgan fingerprint density at radius 3 is 1.74 bits per heavy atom. The van der Waals surface area contributed by atoms with Crippen LogP contribution in [0, 0.1) is 10.8 Å². The van der Waals surface area contributed by atoms with Crippen LogP contribution in [0.5, 0.6) is 5.75 Å². The van der Waals surface area contributed by atoms with Crippen molar-refractivity contribution in [2.45, 2.75) is 181 Å². The highest BCUT2D eigenvalue weighted by atomic mass is 16.5. The van der Waals surface area contributed by atoms with Crippen molar-refractivity contribution in [3.63, 3.8) is 0 Å². The molecule has 0 radical (unpaired) electrons. The van der Waals surface area contributed by atoms with Crippen LogP contribution in [-0.4, -0.2) is 114 Å². The second-order valence-corrected chi connectivity index (χ2v) is 24.7. The van der Waals surface area contributed by atoms with Crippen molar-refractivity contribution in [3.8, 4) is 5.75 Å². The van der Waals surface area contributed by atoms with Gasteiger partial charge in [0.1, 0.15) is 36.5 Å². The van der Waals surface area contributed by atoms with Gasteiger partial charge in [-0.1, -0.05) is 115 Å². The van der Waals surface area contributed by atoms with E-state index in [2.05, 4.69) is 55.4 Å². The van der Waals surface area contributed by atoms with Gasteiger partial charge in [0.2, 0.25) is 35.4 Å². The Kier molecular flexibility index (Phi) is 19.1. The molecule has 4 aromatic rings. The third-order valence-electron chi connectivity index (χ3n) is 16.8. The monoisotopic (exact) mass is 1110 g/mol. The Morgan fingerprint density at radius 1 is 0.630 bits per heavy atom. The van der Waals surface area contributed by atoms with Crippen LogP contribution >= 0.6 is 0 Å². The molecule has 1 saturated heterocycles. The maximum atomic E-state index is 15.0. The summed E-state index contributed by atoms with van der Waals surface area (Å²) in [5.74, 6) is -1.72. The number of amides is 7. The van der Waals surface area contributed by atoms with Gasteiger partial charge in [-0.05, 0) is 146 Å². The van der Waals surface area contributed by atoms with Gasteiger partial charge in [0, 0.05) is 31.1 Å². The maximum absolute atomic E-state index is 15.0. The molecule has 7 amide bonds. The number of likely N-dealkylation sites (tertiary alicyclic amines) is 1. The summed E-state index contributed by atoms with van der Waals surface area (Å²) in [5, 5.41) is 21.6. The number of nitrogens with zero attached hydrogens (tertiary/aromatic N) is 2. The minimum atomic E-state index is -0.948. The first-order valence-electron chi connectivity index (χ1n) is 29.0. The minimum Gasteiger partial charge on any atom is -0.489 e. The van der Waals surface area contributed by atoms with Crippen LogP contribution < -0.4 is 42.0 Å². The van der Waals surface area contributed by atoms with Crippen molar-refractivity contribution in [1.29, 1.82) is 0 Å². The van der Waals surface area contributed by atoms with Crippen molar-refractivity contribution in [2.24, 2.45) is 10.8 Å². The number of rotatable bonds is 18. The van der Waals surface area contributed by atoms with Crippen molar-refractivity contribution in [1.82, 2.24) is 47.0 Å². The minimum absolute atomic E-state index is 0.0691. The lowest BCUT2D eigenvalue weighted by Crippen LogP contribution is -2.62. The molecular formula is C64H85N9O8. The van der Waals surface area contributed by atoms with Gasteiger partial charge in [-0.3, -0.25) is 33.6 Å². The molecule has 2 aliphatic heterocycles. The second-order valence-electron chi connectivity index (χ2n) is 24.7. The number of likely N-dealkylation sites (N-methyl/N-ethyl adjacent to an activating group) is 2. The molecule has 2 aliphatic carbocycles. The van der Waals surface area contributed by atoms with E-state index in [9.17, 15) is 33.6 Å². The first kappa shape index (κ1) is 60.0. The van der Waals surface area contributed by atoms with Crippen LogP contribution in [0.3, 0.4) is 0 Å². The van der Waals surface area contributed by atoms with Gasteiger partial charge in [-0.15, -0.1) is 0 Å². The lowest BCUT2D eigenvalue weighted by atomic mass is 9.83. The number of hydrogen-bond acceptors (Lipinski definition) is 10. The Bertz CT molecular complexity index is 2950. The topological polar surface area (TPSA) is 219 Å². The molecule has 1 fully saturated rings. The molecule has 0 bridgehead atoms. The summed E-state index contributed by atoms with van der Waals surface area (Å²) in [5.41, 5.74) is 6.10. The summed E-state index contributed by atoms with van der Waals surface area (Å²) >= 11 is 0. The predicted molar refractivity (Wildman–Crippen MR) is 312 cm³/mol. The standard InChI is InChI=1S/C64H85N9O8/c1-11-49(66-10)58(76)71-55(64(6,7)8)61(79)72-35-44-32-46(31-30-43(44)33-52(72)59(77)68-50-24-16-20-40-18-12-14-22-47(40)50)81-37-39-26-28-42(29-27-39)57(75)67-45-34-53(60(78)69-51-25-17-21-41-19-13-15-23-48(41)51)73(36-45)62(80)54(63(3,4)5)70-56(74)38(2)65-9/h12-15,18-19,22-23,26-32,38,45,49-55,65-66H,11,16-17,20-21,24-25,33-37H2,1-10H3,(H,67,75)(H,68,77)(H,69,78)(H,70,74)(H,71,76)/t38-,45-,49-,50+,51+,52-,53-,54+,55+/m0/s1. The molecule has 17 nitrogen and oxygen atoms in total. The molecule has 0 spiro atoms. The van der Waals surface area contributed by atoms with E-state index >= 15 is 0 Å². The number of aryl methyl sites for hydroxylation is 2. The molecule has 4 aromatic carbocycles. The fraction of sp³-hybridized carbons (Fsp3) is 0.516. The zero-order chi connectivity index (χ0) is 58.3. The van der Waals surface area contributed by atoms with Crippen LogP contribution in [0.2, 0.25) is 0 Å². The molecule has 9 atom stereocenters. The van der Waals surface area contributed by atoms with E-state index in [4.69, 9.17) is 4.74 Å². The molecule has 0 aromatic heterocycles. The fourth-order valence-corrected chi connectivity index (χ4v) is 11.9. The lowest BCUT2D eigenvalue weighted by molar-refractivity contribution is -0.147. The summed E-state index contributed by atoms with van der Waals surface area (Å²) in [4.78, 5) is 102. The zero-order valence-electron chi connectivity index (χ0n) is 49.0. The van der Waals surface area contributed by atoms with E-state index in [1.807, 2.05) is 109 Å². The van der Waals surface area contributed by atoms with Crippen molar-refractivity contribution < 1.29 is 38.3 Å². The average molecular weight is 1110 g/mol. The smallest absolute Gasteiger partial charge is 0.251 e. The highest BCUT2D eigenvalue weighted by Crippen LogP contribution is 2.35. The van der Waals surface area contributed by atoms with E-state index < -0.39 is 59.0 Å². The van der Waals surface area contributed by atoms with Crippen LogP contribution in [0.1, 0.15) is 155 Å². The number of benzene rings is 4. The maximum Gasteiger partial charge on any atom is 0.251 e. The number of ether oxygens (including phenoxy) is 1. The Balaban J connectivity index is 0.959. The second kappa shape index (κ2) is 25.8. The molecule has 434 valence electrons. The predicted octanol–water partition coefficient (Wildman–Crippen LogP) is 6.27. The van der Waals surface area contributed by atoms with E-state index in [-0.39, 0.29) is 80.1 Å². The summed E-state index contributed by atoms with van der Waals surface area (Å²) in [6.07, 6.45) is 6.26. The van der Waals surface area contributed by atoms with E-state index in [1.54, 1.807) is 38.1 Å². The molecule has 0 unspecified atom stereocenters. The summed E-state index contributed by atoms with van der Waals surface area (Å²) in [6.45, 7) is 15.3. The van der Waals surface area contributed by atoms with E-state index in [0.29, 0.717) is 17.7 Å². The van der Waals surface area contributed by atoms with Crippen molar-refractivity contribution >= 4 is 41.4 Å². The van der Waals surface area contributed by atoms with Gasteiger partial charge >= 0.3 is 0 Å².